The maximum atomic E-state index is 13.4. The van der Waals surface area contributed by atoms with E-state index in [-0.39, 0.29) is 17.2 Å². The minimum Gasteiger partial charge on any atom is -0.497 e. The van der Waals surface area contributed by atoms with Crippen LogP contribution >= 0.6 is 11.8 Å². The van der Waals surface area contributed by atoms with Gasteiger partial charge in [-0.3, -0.25) is 14.2 Å². The molecule has 2 aromatic heterocycles. The van der Waals surface area contributed by atoms with Crippen molar-refractivity contribution in [3.63, 3.8) is 0 Å². The van der Waals surface area contributed by atoms with Crippen LogP contribution in [-0.2, 0) is 18.4 Å². The Morgan fingerprint density at radius 1 is 1.24 bits per heavy atom. The molecule has 5 rings (SSSR count). The molecule has 1 aliphatic heterocycles. The third-order valence-corrected chi connectivity index (χ3v) is 7.15. The van der Waals surface area contributed by atoms with E-state index >= 15 is 0 Å². The summed E-state index contributed by atoms with van der Waals surface area (Å²) in [6.45, 7) is 5.31. The number of anilines is 1. The van der Waals surface area contributed by atoms with Gasteiger partial charge < -0.3 is 18.9 Å². The zero-order valence-electron chi connectivity index (χ0n) is 19.6. The monoisotopic (exact) mass is 478 g/mol. The molecule has 9 heteroatoms. The molecule has 0 aliphatic carbocycles. The predicted octanol–water partition coefficient (Wildman–Crippen LogP) is 3.74. The first kappa shape index (κ1) is 22.3. The zero-order chi connectivity index (χ0) is 24.0. The van der Waals surface area contributed by atoms with Crippen LogP contribution in [0.1, 0.15) is 12.5 Å². The lowest BCUT2D eigenvalue weighted by Crippen LogP contribution is -2.39. The van der Waals surface area contributed by atoms with Crippen LogP contribution in [-0.4, -0.2) is 46.0 Å². The first-order valence-electron chi connectivity index (χ1n) is 11.2. The lowest BCUT2D eigenvalue weighted by Gasteiger charge is -2.29. The number of nitrogens with zero attached hydrogens (tertiary/aromatic N) is 4. The van der Waals surface area contributed by atoms with Gasteiger partial charge in [-0.15, -0.1) is 0 Å². The quantitative estimate of drug-likeness (QED) is 0.321. The standard InChI is InChI=1S/C25H26N4O4S/c1-5-28-24(31)23-22(17-13-16(32-4)7-8-18(17)27(23)3)26-25(28)34-14-21(30)29-10-11-33-20-9-6-15(2)12-19(20)29/h6-9,12-13H,5,10-11,14H2,1-4H3. The number of ether oxygens (including phenoxy) is 2. The molecule has 8 nitrogen and oxygen atoms in total. The normalized spacial score (nSPS) is 13.2. The molecule has 0 bridgehead atoms. The van der Waals surface area contributed by atoms with Crippen molar-refractivity contribution in [2.45, 2.75) is 25.5 Å². The van der Waals surface area contributed by atoms with Gasteiger partial charge in [0.05, 0.1) is 30.6 Å². The number of amides is 1. The molecular formula is C25H26N4O4S. The van der Waals surface area contributed by atoms with Crippen molar-refractivity contribution < 1.29 is 14.3 Å². The Morgan fingerprint density at radius 2 is 2.06 bits per heavy atom. The lowest BCUT2D eigenvalue weighted by molar-refractivity contribution is -0.116. The fraction of sp³-hybridized carbons (Fsp3) is 0.320. The topological polar surface area (TPSA) is 78.6 Å². The second-order valence-corrected chi connectivity index (χ2v) is 9.18. The molecule has 0 spiro atoms. The van der Waals surface area contributed by atoms with Crippen LogP contribution in [0.15, 0.2) is 46.3 Å². The van der Waals surface area contributed by atoms with Crippen LogP contribution < -0.4 is 19.9 Å². The minimum absolute atomic E-state index is 0.0447. The number of aromatic nitrogens is 3. The van der Waals surface area contributed by atoms with Gasteiger partial charge in [0.15, 0.2) is 5.16 Å². The number of carbonyl (C=O) groups excluding carboxylic acids is 1. The highest BCUT2D eigenvalue weighted by Crippen LogP contribution is 2.34. The summed E-state index contributed by atoms with van der Waals surface area (Å²) in [4.78, 5) is 33.2. The summed E-state index contributed by atoms with van der Waals surface area (Å²) >= 11 is 1.29. The minimum atomic E-state index is -0.118. The lowest BCUT2D eigenvalue weighted by atomic mass is 10.1. The summed E-state index contributed by atoms with van der Waals surface area (Å²) in [5.41, 5.74) is 3.79. The third-order valence-electron chi connectivity index (χ3n) is 6.19. The van der Waals surface area contributed by atoms with E-state index in [1.165, 1.54) is 11.8 Å². The summed E-state index contributed by atoms with van der Waals surface area (Å²) in [5.74, 6) is 1.54. The Kier molecular flexibility index (Phi) is 5.73. The number of aryl methyl sites for hydroxylation is 2. The van der Waals surface area contributed by atoms with Crippen molar-refractivity contribution in [3.8, 4) is 11.5 Å². The average molecular weight is 479 g/mol. The zero-order valence-corrected chi connectivity index (χ0v) is 20.4. The van der Waals surface area contributed by atoms with E-state index < -0.39 is 0 Å². The second-order valence-electron chi connectivity index (χ2n) is 8.24. The number of fused-ring (bicyclic) bond motifs is 4. The van der Waals surface area contributed by atoms with Crippen molar-refractivity contribution in [1.29, 1.82) is 0 Å². The molecule has 0 saturated heterocycles. The smallest absolute Gasteiger partial charge is 0.278 e. The van der Waals surface area contributed by atoms with Gasteiger partial charge in [-0.05, 0) is 49.7 Å². The number of hydrogen-bond donors (Lipinski definition) is 0. The summed E-state index contributed by atoms with van der Waals surface area (Å²) < 4.78 is 14.6. The van der Waals surface area contributed by atoms with Gasteiger partial charge in [-0.1, -0.05) is 17.8 Å². The highest BCUT2D eigenvalue weighted by molar-refractivity contribution is 7.99. The van der Waals surface area contributed by atoms with Gasteiger partial charge in [-0.25, -0.2) is 4.98 Å². The number of methoxy groups -OCH3 is 1. The molecule has 34 heavy (non-hydrogen) atoms. The van der Waals surface area contributed by atoms with Gasteiger partial charge in [0.25, 0.3) is 5.56 Å². The second kappa shape index (κ2) is 8.72. The van der Waals surface area contributed by atoms with Gasteiger partial charge in [0, 0.05) is 19.0 Å². The first-order chi connectivity index (χ1) is 16.4. The molecule has 0 unspecified atom stereocenters. The maximum absolute atomic E-state index is 13.4. The van der Waals surface area contributed by atoms with Crippen molar-refractivity contribution >= 4 is 45.3 Å². The van der Waals surface area contributed by atoms with Crippen LogP contribution in [0, 0.1) is 6.92 Å². The predicted molar refractivity (Wildman–Crippen MR) is 134 cm³/mol. The van der Waals surface area contributed by atoms with Crippen LogP contribution in [0.25, 0.3) is 21.9 Å². The van der Waals surface area contributed by atoms with Crippen molar-refractivity contribution in [2.24, 2.45) is 7.05 Å². The average Bonchev–Trinajstić information content (AvgIpc) is 3.13. The molecule has 3 heterocycles. The third kappa shape index (κ3) is 3.60. The van der Waals surface area contributed by atoms with Crippen LogP contribution in [0.3, 0.4) is 0 Å². The van der Waals surface area contributed by atoms with E-state index in [0.29, 0.717) is 47.4 Å². The summed E-state index contributed by atoms with van der Waals surface area (Å²) in [7, 11) is 3.48. The van der Waals surface area contributed by atoms with Gasteiger partial charge >= 0.3 is 0 Å². The van der Waals surface area contributed by atoms with Crippen molar-refractivity contribution in [2.75, 3.05) is 30.9 Å². The van der Waals surface area contributed by atoms with E-state index in [2.05, 4.69) is 0 Å². The summed E-state index contributed by atoms with van der Waals surface area (Å²) in [6, 6.07) is 11.5. The van der Waals surface area contributed by atoms with Gasteiger partial charge in [-0.2, -0.15) is 0 Å². The number of hydrogen-bond acceptors (Lipinski definition) is 6. The fourth-order valence-corrected chi connectivity index (χ4v) is 5.37. The highest BCUT2D eigenvalue weighted by atomic mass is 32.2. The van der Waals surface area contributed by atoms with Gasteiger partial charge in [0.1, 0.15) is 29.1 Å². The number of thioether (sulfide) groups is 1. The Hall–Kier alpha value is -3.46. The van der Waals surface area contributed by atoms with Crippen molar-refractivity contribution in [1.82, 2.24) is 14.1 Å². The molecule has 0 atom stereocenters. The molecule has 0 radical (unpaired) electrons. The Bertz CT molecular complexity index is 1490. The number of rotatable bonds is 5. The Balaban J connectivity index is 1.52. The SMILES string of the molecule is CCn1c(SCC(=O)N2CCOc3ccc(C)cc32)nc2c3cc(OC)ccc3n(C)c2c1=O. The van der Waals surface area contributed by atoms with Crippen LogP contribution in [0.4, 0.5) is 5.69 Å². The maximum Gasteiger partial charge on any atom is 0.278 e. The van der Waals surface area contributed by atoms with E-state index in [0.717, 1.165) is 22.2 Å². The van der Waals surface area contributed by atoms with E-state index in [1.807, 2.05) is 61.9 Å². The summed E-state index contributed by atoms with van der Waals surface area (Å²) in [6.07, 6.45) is 0. The molecule has 0 saturated carbocycles. The number of benzene rings is 2. The molecule has 0 fully saturated rings. The van der Waals surface area contributed by atoms with E-state index in [1.54, 1.807) is 16.6 Å². The van der Waals surface area contributed by atoms with Crippen molar-refractivity contribution in [3.05, 3.63) is 52.3 Å². The largest absolute Gasteiger partial charge is 0.497 e. The number of carbonyl (C=O) groups is 1. The summed E-state index contributed by atoms with van der Waals surface area (Å²) in [5, 5.41) is 1.38. The fourth-order valence-electron chi connectivity index (χ4n) is 4.44. The molecular weight excluding hydrogens is 452 g/mol. The Morgan fingerprint density at radius 3 is 2.82 bits per heavy atom. The first-order valence-corrected chi connectivity index (χ1v) is 12.1. The molecule has 1 aliphatic rings. The molecule has 4 aromatic rings. The molecule has 0 N–H and O–H groups in total. The van der Waals surface area contributed by atoms with E-state index in [4.69, 9.17) is 14.5 Å². The molecule has 1 amide bonds. The Labute approximate surface area is 201 Å². The van der Waals surface area contributed by atoms with Crippen LogP contribution in [0.2, 0.25) is 0 Å². The van der Waals surface area contributed by atoms with Gasteiger partial charge in [0.2, 0.25) is 5.91 Å². The molecule has 2 aromatic carbocycles. The van der Waals surface area contributed by atoms with Crippen LogP contribution in [0.5, 0.6) is 11.5 Å². The highest BCUT2D eigenvalue weighted by Gasteiger charge is 2.25. The van der Waals surface area contributed by atoms with E-state index in [9.17, 15) is 9.59 Å². The molecule has 176 valence electrons.